The summed E-state index contributed by atoms with van der Waals surface area (Å²) in [7, 11) is 0. The predicted molar refractivity (Wildman–Crippen MR) is 59.2 cm³/mol. The van der Waals surface area contributed by atoms with E-state index in [1.165, 1.54) is 0 Å². The summed E-state index contributed by atoms with van der Waals surface area (Å²) in [4.78, 5) is 7.98. The van der Waals surface area contributed by atoms with Crippen molar-refractivity contribution in [2.75, 3.05) is 17.3 Å². The van der Waals surface area contributed by atoms with Crippen LogP contribution in [0, 0.1) is 5.92 Å². The molecule has 5 N–H and O–H groups in total. The van der Waals surface area contributed by atoms with Gasteiger partial charge in [-0.1, -0.05) is 13.8 Å². The first-order chi connectivity index (χ1) is 7.17. The molecule has 0 aliphatic carbocycles. The Morgan fingerprint density at radius 3 is 2.80 bits per heavy atom. The van der Waals surface area contributed by atoms with E-state index in [2.05, 4.69) is 20.7 Å². The van der Waals surface area contributed by atoms with E-state index in [0.717, 1.165) is 0 Å². The van der Waals surface area contributed by atoms with Crippen LogP contribution < -0.4 is 16.6 Å². The summed E-state index contributed by atoms with van der Waals surface area (Å²) in [5.74, 6) is 6.50. The SMILES string of the molecule is CC(C)[C@@H](CO)Nc1ccnc(NN)n1. The third kappa shape index (κ3) is 3.34. The third-order valence-electron chi connectivity index (χ3n) is 2.12. The Bertz CT molecular complexity index is 304. The molecule has 0 fully saturated rings. The number of aromatic nitrogens is 2. The standard InChI is InChI=1S/C9H17N5O/c1-6(2)7(5-15)12-8-3-4-11-9(13-8)14-10/h3-4,6-7,15H,5,10H2,1-2H3,(H2,11,12,13,14)/t7-/m1/s1. The van der Waals surface area contributed by atoms with Crippen molar-refractivity contribution < 1.29 is 5.11 Å². The second-order valence-electron chi connectivity index (χ2n) is 3.59. The van der Waals surface area contributed by atoms with Gasteiger partial charge >= 0.3 is 0 Å². The average Bonchev–Trinajstić information content (AvgIpc) is 2.25. The highest BCUT2D eigenvalue weighted by Crippen LogP contribution is 2.10. The Balaban J connectivity index is 2.70. The van der Waals surface area contributed by atoms with Crippen LogP contribution in [0.3, 0.4) is 0 Å². The monoisotopic (exact) mass is 211 g/mol. The van der Waals surface area contributed by atoms with Gasteiger partial charge in [0.25, 0.3) is 0 Å². The molecule has 0 saturated heterocycles. The van der Waals surface area contributed by atoms with E-state index in [-0.39, 0.29) is 12.6 Å². The van der Waals surface area contributed by atoms with Crippen LogP contribution in [0.2, 0.25) is 0 Å². The molecule has 0 radical (unpaired) electrons. The molecular formula is C9H17N5O. The first-order valence-electron chi connectivity index (χ1n) is 4.84. The van der Waals surface area contributed by atoms with Gasteiger partial charge in [-0.3, -0.25) is 5.43 Å². The predicted octanol–water partition coefficient (Wildman–Crippen LogP) is 0.191. The maximum Gasteiger partial charge on any atom is 0.239 e. The Hall–Kier alpha value is -1.40. The number of nitrogen functional groups attached to an aromatic ring is 1. The molecule has 0 aliphatic rings. The topological polar surface area (TPSA) is 96.1 Å². The Morgan fingerprint density at radius 2 is 2.27 bits per heavy atom. The minimum atomic E-state index is -0.0227. The molecule has 0 spiro atoms. The van der Waals surface area contributed by atoms with E-state index in [9.17, 15) is 0 Å². The number of hydrogen-bond acceptors (Lipinski definition) is 6. The quantitative estimate of drug-likeness (QED) is 0.410. The zero-order valence-electron chi connectivity index (χ0n) is 8.94. The number of hydrazine groups is 1. The molecule has 1 atom stereocenters. The van der Waals surface area contributed by atoms with E-state index < -0.39 is 0 Å². The average molecular weight is 211 g/mol. The van der Waals surface area contributed by atoms with Crippen LogP contribution >= 0.6 is 0 Å². The number of hydrogen-bond donors (Lipinski definition) is 4. The summed E-state index contributed by atoms with van der Waals surface area (Å²) in [6.45, 7) is 4.11. The van der Waals surface area contributed by atoms with Gasteiger partial charge in [-0.05, 0) is 12.0 Å². The molecular weight excluding hydrogens is 194 g/mol. The molecule has 15 heavy (non-hydrogen) atoms. The highest BCUT2D eigenvalue weighted by molar-refractivity contribution is 5.39. The highest BCUT2D eigenvalue weighted by atomic mass is 16.3. The number of anilines is 2. The van der Waals surface area contributed by atoms with Gasteiger partial charge in [0, 0.05) is 6.20 Å². The van der Waals surface area contributed by atoms with Gasteiger partial charge in [0.2, 0.25) is 5.95 Å². The first kappa shape index (κ1) is 11.7. The van der Waals surface area contributed by atoms with Crippen molar-refractivity contribution in [3.05, 3.63) is 12.3 Å². The summed E-state index contributed by atoms with van der Waals surface area (Å²) in [6, 6.07) is 1.71. The maximum atomic E-state index is 9.14. The van der Waals surface area contributed by atoms with Crippen LogP contribution in [0.5, 0.6) is 0 Å². The van der Waals surface area contributed by atoms with Crippen molar-refractivity contribution in [3.8, 4) is 0 Å². The molecule has 1 rings (SSSR count). The molecule has 0 amide bonds. The Kier molecular flexibility index (Phi) is 4.26. The number of aliphatic hydroxyl groups excluding tert-OH is 1. The van der Waals surface area contributed by atoms with E-state index in [0.29, 0.717) is 17.7 Å². The Morgan fingerprint density at radius 1 is 1.53 bits per heavy atom. The van der Waals surface area contributed by atoms with Crippen LogP contribution in [0.1, 0.15) is 13.8 Å². The summed E-state index contributed by atoms with van der Waals surface area (Å²) in [5, 5.41) is 12.2. The van der Waals surface area contributed by atoms with E-state index >= 15 is 0 Å². The van der Waals surface area contributed by atoms with Gasteiger partial charge in [-0.2, -0.15) is 4.98 Å². The molecule has 6 heteroatoms. The molecule has 1 heterocycles. The number of nitrogens with two attached hydrogens (primary N) is 1. The lowest BCUT2D eigenvalue weighted by atomic mass is 10.1. The van der Waals surface area contributed by atoms with Crippen molar-refractivity contribution in [1.29, 1.82) is 0 Å². The fraction of sp³-hybridized carbons (Fsp3) is 0.556. The van der Waals surface area contributed by atoms with Crippen LogP contribution in [-0.4, -0.2) is 27.7 Å². The molecule has 0 unspecified atom stereocenters. The molecule has 0 aliphatic heterocycles. The first-order valence-corrected chi connectivity index (χ1v) is 4.84. The lowest BCUT2D eigenvalue weighted by Crippen LogP contribution is -2.30. The fourth-order valence-electron chi connectivity index (χ4n) is 1.12. The van der Waals surface area contributed by atoms with Gasteiger partial charge in [0.05, 0.1) is 12.6 Å². The van der Waals surface area contributed by atoms with E-state index in [1.807, 2.05) is 13.8 Å². The lowest BCUT2D eigenvalue weighted by molar-refractivity contribution is 0.249. The second-order valence-corrected chi connectivity index (χ2v) is 3.59. The molecule has 0 bridgehead atoms. The highest BCUT2D eigenvalue weighted by Gasteiger charge is 2.12. The maximum absolute atomic E-state index is 9.14. The largest absolute Gasteiger partial charge is 0.394 e. The summed E-state index contributed by atoms with van der Waals surface area (Å²) in [6.07, 6.45) is 1.60. The van der Waals surface area contributed by atoms with Crippen LogP contribution in [0.25, 0.3) is 0 Å². The minimum Gasteiger partial charge on any atom is -0.394 e. The van der Waals surface area contributed by atoms with Crippen molar-refractivity contribution in [2.24, 2.45) is 11.8 Å². The lowest BCUT2D eigenvalue weighted by Gasteiger charge is -2.20. The number of rotatable bonds is 5. The summed E-state index contributed by atoms with van der Waals surface area (Å²) in [5.41, 5.74) is 2.36. The Labute approximate surface area is 88.9 Å². The van der Waals surface area contributed by atoms with Gasteiger partial charge in [-0.25, -0.2) is 10.8 Å². The fourth-order valence-corrected chi connectivity index (χ4v) is 1.12. The normalized spacial score (nSPS) is 12.6. The molecule has 84 valence electrons. The number of aliphatic hydroxyl groups is 1. The summed E-state index contributed by atoms with van der Waals surface area (Å²) < 4.78 is 0. The van der Waals surface area contributed by atoms with Gasteiger partial charge in [0.1, 0.15) is 5.82 Å². The van der Waals surface area contributed by atoms with Gasteiger partial charge in [0.15, 0.2) is 0 Å². The molecule has 0 saturated carbocycles. The third-order valence-corrected chi connectivity index (χ3v) is 2.12. The van der Waals surface area contributed by atoms with Crippen LogP contribution in [0.15, 0.2) is 12.3 Å². The number of nitrogens with one attached hydrogen (secondary N) is 2. The zero-order chi connectivity index (χ0) is 11.3. The second kappa shape index (κ2) is 5.47. The van der Waals surface area contributed by atoms with Crippen LogP contribution in [-0.2, 0) is 0 Å². The molecule has 0 aromatic carbocycles. The van der Waals surface area contributed by atoms with E-state index in [1.54, 1.807) is 12.3 Å². The van der Waals surface area contributed by atoms with Crippen molar-refractivity contribution in [3.63, 3.8) is 0 Å². The van der Waals surface area contributed by atoms with E-state index in [4.69, 9.17) is 10.9 Å². The molecule has 6 nitrogen and oxygen atoms in total. The van der Waals surface area contributed by atoms with Crippen molar-refractivity contribution >= 4 is 11.8 Å². The molecule has 1 aromatic rings. The van der Waals surface area contributed by atoms with Gasteiger partial charge in [-0.15, -0.1) is 0 Å². The minimum absolute atomic E-state index is 0.0227. The van der Waals surface area contributed by atoms with Crippen molar-refractivity contribution in [1.82, 2.24) is 9.97 Å². The molecule has 1 aromatic heterocycles. The van der Waals surface area contributed by atoms with Crippen LogP contribution in [0.4, 0.5) is 11.8 Å². The number of nitrogens with zero attached hydrogens (tertiary/aromatic N) is 2. The van der Waals surface area contributed by atoms with Crippen molar-refractivity contribution in [2.45, 2.75) is 19.9 Å². The smallest absolute Gasteiger partial charge is 0.239 e. The van der Waals surface area contributed by atoms with Gasteiger partial charge < -0.3 is 10.4 Å². The summed E-state index contributed by atoms with van der Waals surface area (Å²) >= 11 is 0. The zero-order valence-corrected chi connectivity index (χ0v) is 8.94.